The van der Waals surface area contributed by atoms with Crippen molar-refractivity contribution in [2.75, 3.05) is 0 Å². The van der Waals surface area contributed by atoms with E-state index < -0.39 is 18.4 Å². The van der Waals surface area contributed by atoms with Gasteiger partial charge in [0.1, 0.15) is 0 Å². The van der Waals surface area contributed by atoms with Crippen molar-refractivity contribution in [3.63, 3.8) is 0 Å². The summed E-state index contributed by atoms with van der Waals surface area (Å²) in [7, 11) is -3.76. The number of nitro groups is 2. The summed E-state index contributed by atoms with van der Waals surface area (Å²) in [5, 5.41) is 43.1. The van der Waals surface area contributed by atoms with Crippen LogP contribution in [0.5, 0.6) is 0 Å². The first-order valence-corrected chi connectivity index (χ1v) is 13.4. The Hall–Kier alpha value is -5.20. The van der Waals surface area contributed by atoms with E-state index in [4.69, 9.17) is 8.85 Å². The Kier molecular flexibility index (Phi) is 8.19. The first-order chi connectivity index (χ1) is 18.9. The van der Waals surface area contributed by atoms with Gasteiger partial charge >= 0.3 is 8.56 Å². The SMILES string of the molecule is N#Cc1ccc([Si](OCc2ccccc2[N+](=O)[O-])(OCc2ccccc2[N+](=O)[O-])c2ccc(C#N)cc2)cc1. The largest absolute Gasteiger partial charge is 0.407 e. The van der Waals surface area contributed by atoms with Gasteiger partial charge in [-0.3, -0.25) is 20.2 Å². The van der Waals surface area contributed by atoms with Gasteiger partial charge < -0.3 is 8.85 Å². The summed E-state index contributed by atoms with van der Waals surface area (Å²) in [5.41, 5.74) is 1.18. The molecule has 39 heavy (non-hydrogen) atoms. The molecule has 0 fully saturated rings. The van der Waals surface area contributed by atoms with E-state index >= 15 is 0 Å². The molecule has 0 N–H and O–H groups in total. The van der Waals surface area contributed by atoms with Crippen LogP contribution in [-0.2, 0) is 22.1 Å². The van der Waals surface area contributed by atoms with Gasteiger partial charge in [-0.05, 0) is 46.8 Å². The third-order valence-corrected chi connectivity index (χ3v) is 9.32. The maximum atomic E-state index is 11.6. The maximum Gasteiger partial charge on any atom is 0.407 e. The highest BCUT2D eigenvalue weighted by Gasteiger charge is 2.44. The van der Waals surface area contributed by atoms with Crippen LogP contribution in [0.2, 0.25) is 0 Å². The summed E-state index contributed by atoms with van der Waals surface area (Å²) in [4.78, 5) is 22.3. The lowest BCUT2D eigenvalue weighted by Crippen LogP contribution is -2.63. The molecule has 0 amide bonds. The number of nitriles is 2. The Morgan fingerprint density at radius 3 is 1.31 bits per heavy atom. The predicted octanol–water partition coefficient (Wildman–Crippen LogP) is 4.24. The van der Waals surface area contributed by atoms with Crippen LogP contribution in [0.4, 0.5) is 11.4 Å². The fourth-order valence-electron chi connectivity index (χ4n) is 4.05. The molecule has 0 atom stereocenters. The number of nitro benzene ring substituents is 2. The molecule has 4 aromatic carbocycles. The number of para-hydroxylation sites is 2. The minimum atomic E-state index is -3.76. The summed E-state index contributed by atoms with van der Waals surface area (Å²) < 4.78 is 13.0. The van der Waals surface area contributed by atoms with Crippen LogP contribution in [0, 0.1) is 42.9 Å². The third-order valence-electron chi connectivity index (χ3n) is 6.03. The lowest BCUT2D eigenvalue weighted by atomic mass is 10.2. The number of hydrogen-bond acceptors (Lipinski definition) is 8. The average molecular weight is 537 g/mol. The molecule has 0 aromatic heterocycles. The van der Waals surface area contributed by atoms with Crippen molar-refractivity contribution in [2.24, 2.45) is 0 Å². The Bertz CT molecular complexity index is 1470. The van der Waals surface area contributed by atoms with Crippen molar-refractivity contribution in [3.05, 3.63) is 140 Å². The molecule has 0 unspecified atom stereocenters. The van der Waals surface area contributed by atoms with Gasteiger partial charge in [-0.15, -0.1) is 0 Å². The highest BCUT2D eigenvalue weighted by Crippen LogP contribution is 2.24. The molecule has 4 aromatic rings. The number of nitrogens with zero attached hydrogens (tertiary/aromatic N) is 4. The molecule has 4 rings (SSSR count). The standard InChI is InChI=1S/C28H20N4O6Si/c29-17-21-9-13-25(14-10-21)39(26-15-11-22(18-30)12-16-26,37-19-23-5-1-3-7-27(23)31(33)34)38-20-24-6-2-4-8-28(24)32(35)36/h1-16H,19-20H2. The molecule has 0 radical (unpaired) electrons. The minimum absolute atomic E-state index is 0.126. The predicted molar refractivity (Wildman–Crippen MR) is 143 cm³/mol. The van der Waals surface area contributed by atoms with E-state index in [1.54, 1.807) is 84.9 Å². The second-order valence-electron chi connectivity index (χ2n) is 8.34. The summed E-state index contributed by atoms with van der Waals surface area (Å²) in [6.07, 6.45) is 0. The highest BCUT2D eigenvalue weighted by molar-refractivity contribution is 6.92. The fourth-order valence-corrected chi connectivity index (χ4v) is 7.06. The molecule has 0 bridgehead atoms. The molecule has 0 saturated heterocycles. The third kappa shape index (κ3) is 5.87. The molecule has 0 heterocycles. The van der Waals surface area contributed by atoms with Gasteiger partial charge in [-0.2, -0.15) is 10.5 Å². The summed E-state index contributed by atoms with van der Waals surface area (Å²) in [6, 6.07) is 29.6. The van der Waals surface area contributed by atoms with E-state index in [1.807, 2.05) is 0 Å². The Morgan fingerprint density at radius 2 is 0.974 bits per heavy atom. The maximum absolute atomic E-state index is 11.6. The normalized spacial score (nSPS) is 10.8. The fraction of sp³-hybridized carbons (Fsp3) is 0.0714. The molecule has 0 aliphatic carbocycles. The molecular weight excluding hydrogens is 516 g/mol. The zero-order valence-corrected chi connectivity index (χ0v) is 21.4. The van der Waals surface area contributed by atoms with E-state index in [-0.39, 0.29) is 24.6 Å². The van der Waals surface area contributed by atoms with E-state index in [0.29, 0.717) is 32.6 Å². The number of benzene rings is 4. The lowest BCUT2D eigenvalue weighted by Gasteiger charge is -2.31. The van der Waals surface area contributed by atoms with Gasteiger partial charge in [0.25, 0.3) is 11.4 Å². The Morgan fingerprint density at radius 1 is 0.615 bits per heavy atom. The van der Waals surface area contributed by atoms with Crippen molar-refractivity contribution in [1.82, 2.24) is 0 Å². The van der Waals surface area contributed by atoms with Crippen molar-refractivity contribution in [2.45, 2.75) is 13.2 Å². The summed E-state index contributed by atoms with van der Waals surface area (Å²) in [5.74, 6) is 0. The van der Waals surface area contributed by atoms with Crippen LogP contribution in [0.3, 0.4) is 0 Å². The van der Waals surface area contributed by atoms with Crippen molar-refractivity contribution in [1.29, 1.82) is 10.5 Å². The van der Waals surface area contributed by atoms with Gasteiger partial charge in [0.15, 0.2) is 0 Å². The van der Waals surface area contributed by atoms with Crippen LogP contribution >= 0.6 is 0 Å². The van der Waals surface area contributed by atoms with Gasteiger partial charge in [0.05, 0.1) is 57.5 Å². The van der Waals surface area contributed by atoms with Crippen LogP contribution < -0.4 is 10.4 Å². The molecule has 0 spiro atoms. The smallest absolute Gasteiger partial charge is 0.383 e. The van der Waals surface area contributed by atoms with Gasteiger partial charge in [0.2, 0.25) is 0 Å². The van der Waals surface area contributed by atoms with E-state index in [2.05, 4.69) is 12.1 Å². The van der Waals surface area contributed by atoms with E-state index in [0.717, 1.165) is 0 Å². The van der Waals surface area contributed by atoms with Crippen LogP contribution in [0.25, 0.3) is 0 Å². The van der Waals surface area contributed by atoms with Gasteiger partial charge in [0, 0.05) is 12.1 Å². The number of rotatable bonds is 10. The molecule has 0 aliphatic heterocycles. The van der Waals surface area contributed by atoms with E-state index in [9.17, 15) is 30.8 Å². The van der Waals surface area contributed by atoms with Gasteiger partial charge in [-0.25, -0.2) is 0 Å². The first-order valence-electron chi connectivity index (χ1n) is 11.6. The average Bonchev–Trinajstić information content (AvgIpc) is 2.98. The molecule has 11 heteroatoms. The Labute approximate surface area is 224 Å². The second-order valence-corrected chi connectivity index (χ2v) is 11.3. The van der Waals surface area contributed by atoms with Crippen LogP contribution in [0.15, 0.2) is 97.1 Å². The van der Waals surface area contributed by atoms with Crippen molar-refractivity contribution in [3.8, 4) is 12.1 Å². The first kappa shape index (κ1) is 26.8. The highest BCUT2D eigenvalue weighted by atomic mass is 28.4. The quantitative estimate of drug-likeness (QED) is 0.166. The number of hydrogen-bond donors (Lipinski definition) is 0. The molecule has 192 valence electrons. The molecule has 10 nitrogen and oxygen atoms in total. The monoisotopic (exact) mass is 536 g/mol. The van der Waals surface area contributed by atoms with Crippen molar-refractivity contribution < 1.29 is 18.7 Å². The molecule has 0 aliphatic rings. The second kappa shape index (κ2) is 11.9. The lowest BCUT2D eigenvalue weighted by molar-refractivity contribution is -0.385. The Balaban J connectivity index is 1.86. The topological polar surface area (TPSA) is 152 Å². The van der Waals surface area contributed by atoms with E-state index in [1.165, 1.54) is 12.1 Å². The zero-order valence-electron chi connectivity index (χ0n) is 20.4. The minimum Gasteiger partial charge on any atom is -0.383 e. The zero-order chi connectivity index (χ0) is 27.8. The summed E-state index contributed by atoms with van der Waals surface area (Å²) in [6.45, 7) is -0.388. The molecule has 0 saturated carbocycles. The summed E-state index contributed by atoms with van der Waals surface area (Å²) >= 11 is 0. The molecular formula is C28H20N4O6Si. The van der Waals surface area contributed by atoms with Crippen molar-refractivity contribution >= 4 is 30.3 Å². The van der Waals surface area contributed by atoms with Crippen LogP contribution in [0.1, 0.15) is 22.3 Å². The van der Waals surface area contributed by atoms with Crippen LogP contribution in [-0.4, -0.2) is 18.4 Å². The van der Waals surface area contributed by atoms with Gasteiger partial charge in [-0.1, -0.05) is 48.5 Å².